The van der Waals surface area contributed by atoms with E-state index in [9.17, 15) is 19.8 Å². The van der Waals surface area contributed by atoms with Crippen molar-refractivity contribution in [1.82, 2.24) is 14.5 Å². The highest BCUT2D eigenvalue weighted by atomic mass is 16.5. The monoisotopic (exact) mass is 433 g/mol. The normalized spacial score (nSPS) is 13.7. The van der Waals surface area contributed by atoms with Gasteiger partial charge >= 0.3 is 13.1 Å². The number of carbonyl (C=O) groups excluding carboxylic acids is 1. The molecule has 0 atom stereocenters. The standard InChI is InChI=1S/C19H25BN4O7/c21-6-4-13-7-23(11-22-13)10-16(25)24-8-14(9-24)31-15-2-1-12(3-5-20(29)30)18(26)17(15)19(27)28/h1-2,7,11,14,26,29-30H,3-6,8-10,21H2,(H,27,28)/p+1. The van der Waals surface area contributed by atoms with Gasteiger partial charge in [-0.15, -0.1) is 0 Å². The van der Waals surface area contributed by atoms with Gasteiger partial charge in [-0.1, -0.05) is 6.07 Å². The molecule has 1 aliphatic heterocycles. The molecule has 0 unspecified atom stereocenters. The molecule has 2 aromatic rings. The molecule has 1 aliphatic rings. The van der Waals surface area contributed by atoms with Gasteiger partial charge in [0.1, 0.15) is 29.7 Å². The molecule has 0 aliphatic carbocycles. The molecule has 1 fully saturated rings. The van der Waals surface area contributed by atoms with E-state index in [4.69, 9.17) is 14.8 Å². The second-order valence-corrected chi connectivity index (χ2v) is 7.45. The number of benzene rings is 1. The SMILES string of the molecule is [NH3+]CCc1cn(CC(=O)N2CC(Oc3ccc(CCB(O)O)c(O)c3C(=O)O)C2)cn1. The summed E-state index contributed by atoms with van der Waals surface area (Å²) in [5.41, 5.74) is 4.55. The highest BCUT2D eigenvalue weighted by Gasteiger charge is 2.33. The van der Waals surface area contributed by atoms with Crippen molar-refractivity contribution in [2.45, 2.75) is 31.8 Å². The van der Waals surface area contributed by atoms with E-state index in [0.29, 0.717) is 13.1 Å². The molecule has 0 saturated carbocycles. The number of likely N-dealkylation sites (tertiary alicyclic amines) is 1. The molecule has 12 heteroatoms. The van der Waals surface area contributed by atoms with Gasteiger partial charge in [-0.25, -0.2) is 9.78 Å². The van der Waals surface area contributed by atoms with Crippen molar-refractivity contribution in [3.05, 3.63) is 41.5 Å². The molecule has 7 N–H and O–H groups in total. The minimum Gasteiger partial charge on any atom is -0.507 e. The average molecular weight is 433 g/mol. The van der Waals surface area contributed by atoms with Crippen LogP contribution in [0.25, 0.3) is 0 Å². The molecule has 0 bridgehead atoms. The largest absolute Gasteiger partial charge is 0.507 e. The predicted octanol–water partition coefficient (Wildman–Crippen LogP) is -1.62. The first-order valence-electron chi connectivity index (χ1n) is 9.97. The van der Waals surface area contributed by atoms with E-state index in [1.54, 1.807) is 15.8 Å². The Hall–Kier alpha value is -3.09. The van der Waals surface area contributed by atoms with Gasteiger partial charge in [-0.2, -0.15) is 0 Å². The molecule has 0 spiro atoms. The first-order valence-corrected chi connectivity index (χ1v) is 9.97. The topological polar surface area (TPSA) is 173 Å². The maximum atomic E-state index is 12.4. The number of quaternary nitrogens is 1. The second kappa shape index (κ2) is 9.81. The molecule has 166 valence electrons. The molecule has 1 saturated heterocycles. The lowest BCUT2D eigenvalue weighted by molar-refractivity contribution is -0.366. The third-order valence-electron chi connectivity index (χ3n) is 5.04. The van der Waals surface area contributed by atoms with Crippen molar-refractivity contribution in [3.63, 3.8) is 0 Å². The van der Waals surface area contributed by atoms with Crippen LogP contribution in [0.2, 0.25) is 6.32 Å². The summed E-state index contributed by atoms with van der Waals surface area (Å²) in [5, 5.41) is 37.7. The summed E-state index contributed by atoms with van der Waals surface area (Å²) >= 11 is 0. The maximum Gasteiger partial charge on any atom is 0.451 e. The number of aromatic hydroxyl groups is 1. The fraction of sp³-hybridized carbons (Fsp3) is 0.421. The quantitative estimate of drug-likeness (QED) is 0.278. The van der Waals surface area contributed by atoms with Gasteiger partial charge in [0.2, 0.25) is 5.91 Å². The van der Waals surface area contributed by atoms with Crippen LogP contribution in [0.1, 0.15) is 21.6 Å². The number of hydrogen-bond donors (Lipinski definition) is 5. The van der Waals surface area contributed by atoms with Crippen molar-refractivity contribution in [2.75, 3.05) is 19.6 Å². The molecular formula is C19H26BN4O7+. The summed E-state index contributed by atoms with van der Waals surface area (Å²) in [6.45, 7) is 1.49. The van der Waals surface area contributed by atoms with Crippen molar-refractivity contribution >= 4 is 19.0 Å². The number of hydrogen-bond acceptors (Lipinski definition) is 7. The number of phenols is 1. The highest BCUT2D eigenvalue weighted by molar-refractivity contribution is 6.41. The van der Waals surface area contributed by atoms with E-state index >= 15 is 0 Å². The summed E-state index contributed by atoms with van der Waals surface area (Å²) in [5.74, 6) is -1.92. The Morgan fingerprint density at radius 2 is 2.00 bits per heavy atom. The van der Waals surface area contributed by atoms with E-state index in [1.165, 1.54) is 12.1 Å². The van der Waals surface area contributed by atoms with Gasteiger partial charge in [-0.3, -0.25) is 4.79 Å². The van der Waals surface area contributed by atoms with Crippen molar-refractivity contribution in [2.24, 2.45) is 0 Å². The minimum absolute atomic E-state index is 0.00261. The second-order valence-electron chi connectivity index (χ2n) is 7.45. The third kappa shape index (κ3) is 5.54. The first-order chi connectivity index (χ1) is 14.8. The average Bonchev–Trinajstić information content (AvgIpc) is 3.10. The summed E-state index contributed by atoms with van der Waals surface area (Å²) in [6.07, 6.45) is 3.84. The van der Waals surface area contributed by atoms with E-state index in [-0.39, 0.29) is 42.1 Å². The summed E-state index contributed by atoms with van der Waals surface area (Å²) in [6, 6.07) is 2.92. The zero-order chi connectivity index (χ0) is 22.5. The van der Waals surface area contributed by atoms with E-state index in [0.717, 1.165) is 18.7 Å². The number of aromatic carboxylic acids is 1. The maximum absolute atomic E-state index is 12.4. The molecule has 2 heterocycles. The van der Waals surface area contributed by atoms with Crippen LogP contribution in [-0.4, -0.2) is 79.4 Å². The van der Waals surface area contributed by atoms with Crippen LogP contribution in [0.15, 0.2) is 24.7 Å². The van der Waals surface area contributed by atoms with E-state index in [1.807, 2.05) is 6.20 Å². The smallest absolute Gasteiger partial charge is 0.451 e. The number of aryl methyl sites for hydroxylation is 1. The Morgan fingerprint density at radius 1 is 1.26 bits per heavy atom. The number of aromatic nitrogens is 2. The van der Waals surface area contributed by atoms with E-state index in [2.05, 4.69) is 10.7 Å². The number of nitrogens with zero attached hydrogens (tertiary/aromatic N) is 3. The number of amides is 1. The van der Waals surface area contributed by atoms with Crippen molar-refractivity contribution in [3.8, 4) is 11.5 Å². The fourth-order valence-corrected chi connectivity index (χ4v) is 3.36. The number of ether oxygens (including phenoxy) is 1. The summed E-state index contributed by atoms with van der Waals surface area (Å²) in [4.78, 5) is 29.8. The Morgan fingerprint density at radius 3 is 2.65 bits per heavy atom. The minimum atomic E-state index is -1.56. The highest BCUT2D eigenvalue weighted by Crippen LogP contribution is 2.34. The Bertz CT molecular complexity index is 943. The fourth-order valence-electron chi connectivity index (χ4n) is 3.36. The number of rotatable bonds is 10. The Labute approximate surface area is 178 Å². The lowest BCUT2D eigenvalue weighted by Crippen LogP contribution is -2.57. The van der Waals surface area contributed by atoms with Crippen LogP contribution in [0.3, 0.4) is 0 Å². The molecule has 31 heavy (non-hydrogen) atoms. The van der Waals surface area contributed by atoms with Gasteiger partial charge in [0.25, 0.3) is 0 Å². The van der Waals surface area contributed by atoms with Crippen molar-refractivity contribution in [1.29, 1.82) is 0 Å². The zero-order valence-corrected chi connectivity index (χ0v) is 17.0. The first kappa shape index (κ1) is 22.6. The summed E-state index contributed by atoms with van der Waals surface area (Å²) in [7, 11) is -1.56. The van der Waals surface area contributed by atoms with Crippen LogP contribution >= 0.6 is 0 Å². The van der Waals surface area contributed by atoms with Crippen LogP contribution in [-0.2, 0) is 24.2 Å². The van der Waals surface area contributed by atoms with E-state index < -0.39 is 24.9 Å². The lowest BCUT2D eigenvalue weighted by atomic mass is 9.82. The molecule has 11 nitrogen and oxygen atoms in total. The van der Waals surface area contributed by atoms with Gasteiger partial charge in [0, 0.05) is 12.6 Å². The van der Waals surface area contributed by atoms with Gasteiger partial charge in [0.15, 0.2) is 0 Å². The van der Waals surface area contributed by atoms with Crippen LogP contribution < -0.4 is 10.5 Å². The number of carbonyl (C=O) groups is 2. The number of carboxylic acid groups (broad SMARTS) is 1. The Balaban J connectivity index is 1.58. The number of imidazole rings is 1. The van der Waals surface area contributed by atoms with Gasteiger partial charge in [0.05, 0.1) is 31.7 Å². The van der Waals surface area contributed by atoms with Crippen LogP contribution in [0.5, 0.6) is 11.5 Å². The summed E-state index contributed by atoms with van der Waals surface area (Å²) < 4.78 is 7.42. The van der Waals surface area contributed by atoms with Crippen LogP contribution in [0, 0.1) is 0 Å². The molecule has 0 radical (unpaired) electrons. The zero-order valence-electron chi connectivity index (χ0n) is 17.0. The Kier molecular flexibility index (Phi) is 7.15. The molecule has 1 aromatic heterocycles. The predicted molar refractivity (Wildman–Crippen MR) is 108 cm³/mol. The third-order valence-corrected chi connectivity index (χ3v) is 5.04. The molecular weight excluding hydrogens is 407 g/mol. The van der Waals surface area contributed by atoms with Gasteiger partial charge < -0.3 is 40.2 Å². The lowest BCUT2D eigenvalue weighted by Gasteiger charge is -2.39. The van der Waals surface area contributed by atoms with Crippen LogP contribution in [0.4, 0.5) is 0 Å². The van der Waals surface area contributed by atoms with Gasteiger partial charge in [-0.05, 0) is 24.4 Å². The number of carboxylic acids is 1. The molecule has 3 rings (SSSR count). The molecule has 1 aromatic carbocycles. The van der Waals surface area contributed by atoms with Crippen molar-refractivity contribution < 1.29 is 40.3 Å². The molecule has 1 amide bonds.